The highest BCUT2D eigenvalue weighted by Gasteiger charge is 2.19. The molecule has 0 N–H and O–H groups in total. The van der Waals surface area contributed by atoms with Crippen LogP contribution in [0.2, 0.25) is 0 Å². The first kappa shape index (κ1) is 57.4. The highest BCUT2D eigenvalue weighted by molar-refractivity contribution is 5.71. The number of hydrogen-bond acceptors (Lipinski definition) is 6. The summed E-state index contributed by atoms with van der Waals surface area (Å²) in [5, 5.41) is 0. The Labute approximate surface area is 368 Å². The second-order valence-corrected chi connectivity index (χ2v) is 19.4. The van der Waals surface area contributed by atoms with E-state index in [9.17, 15) is 14.4 Å². The minimum atomic E-state index is -0.763. The van der Waals surface area contributed by atoms with Gasteiger partial charge in [0.15, 0.2) is 6.10 Å². The molecular weight excluding hydrogens is 733 g/mol. The molecule has 0 radical (unpaired) electrons. The molecular formula is C53H102O6. The van der Waals surface area contributed by atoms with E-state index in [0.29, 0.717) is 19.3 Å². The Morgan fingerprint density at radius 3 is 0.881 bits per heavy atom. The van der Waals surface area contributed by atoms with Crippen LogP contribution in [0.1, 0.15) is 286 Å². The van der Waals surface area contributed by atoms with Crippen molar-refractivity contribution in [2.45, 2.75) is 292 Å². The second-order valence-electron chi connectivity index (χ2n) is 19.4. The van der Waals surface area contributed by atoms with E-state index in [-0.39, 0.29) is 31.1 Å². The van der Waals surface area contributed by atoms with Crippen molar-refractivity contribution in [2.24, 2.45) is 17.8 Å². The molecule has 0 aromatic rings. The fourth-order valence-electron chi connectivity index (χ4n) is 7.91. The third-order valence-corrected chi connectivity index (χ3v) is 12.3. The molecule has 1 unspecified atom stereocenters. The predicted molar refractivity (Wildman–Crippen MR) is 252 cm³/mol. The van der Waals surface area contributed by atoms with Gasteiger partial charge in [-0.2, -0.15) is 0 Å². The number of ether oxygens (including phenoxy) is 3. The van der Waals surface area contributed by atoms with Gasteiger partial charge in [-0.3, -0.25) is 14.4 Å². The quantitative estimate of drug-likeness (QED) is 0.0345. The Morgan fingerprint density at radius 2 is 0.593 bits per heavy atom. The summed E-state index contributed by atoms with van der Waals surface area (Å²) in [4.78, 5) is 37.9. The van der Waals surface area contributed by atoms with Gasteiger partial charge in [0.1, 0.15) is 13.2 Å². The maximum atomic E-state index is 12.8. The lowest BCUT2D eigenvalue weighted by molar-refractivity contribution is -0.167. The van der Waals surface area contributed by atoms with Crippen molar-refractivity contribution in [3.05, 3.63) is 0 Å². The van der Waals surface area contributed by atoms with Crippen molar-refractivity contribution in [1.82, 2.24) is 0 Å². The van der Waals surface area contributed by atoms with Gasteiger partial charge in [0.25, 0.3) is 0 Å². The Bertz CT molecular complexity index is 916. The molecule has 0 saturated carbocycles. The molecule has 0 aromatic heterocycles. The number of carbonyl (C=O) groups is 3. The fourth-order valence-corrected chi connectivity index (χ4v) is 7.91. The third kappa shape index (κ3) is 45.8. The number of carbonyl (C=O) groups excluding carboxylic acids is 3. The molecule has 0 bridgehead atoms. The molecule has 0 aliphatic heterocycles. The smallest absolute Gasteiger partial charge is 0.306 e. The van der Waals surface area contributed by atoms with Gasteiger partial charge in [0, 0.05) is 19.3 Å². The summed E-state index contributed by atoms with van der Waals surface area (Å²) in [7, 11) is 0. The minimum Gasteiger partial charge on any atom is -0.462 e. The van der Waals surface area contributed by atoms with Gasteiger partial charge in [0.05, 0.1) is 0 Å². The summed E-state index contributed by atoms with van der Waals surface area (Å²) in [5.41, 5.74) is 0. The van der Waals surface area contributed by atoms with Gasteiger partial charge in [-0.05, 0) is 37.0 Å². The lowest BCUT2D eigenvalue weighted by Gasteiger charge is -2.18. The van der Waals surface area contributed by atoms with Crippen molar-refractivity contribution < 1.29 is 28.6 Å². The maximum Gasteiger partial charge on any atom is 0.306 e. The van der Waals surface area contributed by atoms with Crippen LogP contribution in [0.3, 0.4) is 0 Å². The lowest BCUT2D eigenvalue weighted by Crippen LogP contribution is -2.30. The summed E-state index contributed by atoms with van der Waals surface area (Å²) in [6.45, 7) is 13.7. The molecule has 0 spiro atoms. The molecule has 6 nitrogen and oxygen atoms in total. The number of rotatable bonds is 46. The summed E-state index contributed by atoms with van der Waals surface area (Å²) >= 11 is 0. The SMILES string of the molecule is CCC(C)CCCCCCCCC(=O)OC[C@@H](COC(=O)CCCCCCCCCCCCCCCCCCC(C)C)OC(=O)CCCCCCCCCCCC(C)C. The number of unbranched alkanes of at least 4 members (excludes halogenated alkanes) is 28. The Balaban J connectivity index is 4.24. The van der Waals surface area contributed by atoms with Crippen LogP contribution in [-0.4, -0.2) is 37.2 Å². The zero-order chi connectivity index (χ0) is 43.4. The molecule has 0 aliphatic carbocycles. The van der Waals surface area contributed by atoms with Crippen LogP contribution in [0.5, 0.6) is 0 Å². The lowest BCUT2D eigenvalue weighted by atomic mass is 10.00. The van der Waals surface area contributed by atoms with Crippen molar-refractivity contribution in [3.63, 3.8) is 0 Å². The van der Waals surface area contributed by atoms with Crippen LogP contribution in [0.15, 0.2) is 0 Å². The standard InChI is InChI=1S/C53H102O6/c1-7-49(6)41-35-29-25-26-31-37-43-52(55)58-46-50(59-53(56)44-38-32-24-20-16-18-22-28-34-40-48(4)5)45-57-51(54)42-36-30-23-19-15-13-11-9-8-10-12-14-17-21-27-33-39-47(2)3/h47-50H,7-46H2,1-6H3/t49?,50-/m1/s1. The molecule has 0 amide bonds. The topological polar surface area (TPSA) is 78.9 Å². The normalized spacial score (nSPS) is 12.6. The summed E-state index contributed by atoms with van der Waals surface area (Å²) in [5.74, 6) is 1.62. The van der Waals surface area contributed by atoms with Crippen molar-refractivity contribution >= 4 is 17.9 Å². The first-order chi connectivity index (χ1) is 28.6. The molecule has 0 aromatic carbocycles. The number of hydrogen-bond donors (Lipinski definition) is 0. The maximum absolute atomic E-state index is 12.8. The predicted octanol–water partition coefficient (Wildman–Crippen LogP) is 16.8. The first-order valence-corrected chi connectivity index (χ1v) is 26.1. The molecule has 59 heavy (non-hydrogen) atoms. The van der Waals surface area contributed by atoms with Crippen LogP contribution in [0, 0.1) is 17.8 Å². The number of esters is 3. The van der Waals surface area contributed by atoms with Gasteiger partial charge in [0.2, 0.25) is 0 Å². The van der Waals surface area contributed by atoms with E-state index in [1.807, 2.05) is 0 Å². The van der Waals surface area contributed by atoms with Gasteiger partial charge < -0.3 is 14.2 Å². The van der Waals surface area contributed by atoms with E-state index in [1.165, 1.54) is 167 Å². The second kappa shape index (κ2) is 44.5. The zero-order valence-electron chi connectivity index (χ0n) is 40.5. The Kier molecular flexibility index (Phi) is 43.3. The van der Waals surface area contributed by atoms with E-state index >= 15 is 0 Å². The summed E-state index contributed by atoms with van der Waals surface area (Å²) in [6.07, 6.45) is 43.8. The summed E-state index contributed by atoms with van der Waals surface area (Å²) < 4.78 is 16.8. The molecule has 350 valence electrons. The zero-order valence-corrected chi connectivity index (χ0v) is 40.5. The van der Waals surface area contributed by atoms with Gasteiger partial charge >= 0.3 is 17.9 Å². The van der Waals surface area contributed by atoms with E-state index < -0.39 is 6.10 Å². The fraction of sp³-hybridized carbons (Fsp3) is 0.943. The molecule has 0 aliphatic rings. The average Bonchev–Trinajstić information content (AvgIpc) is 3.20. The minimum absolute atomic E-state index is 0.0654. The molecule has 0 saturated heterocycles. The van der Waals surface area contributed by atoms with Crippen LogP contribution in [0.4, 0.5) is 0 Å². The van der Waals surface area contributed by atoms with Crippen molar-refractivity contribution in [1.29, 1.82) is 0 Å². The highest BCUT2D eigenvalue weighted by atomic mass is 16.6. The van der Waals surface area contributed by atoms with Gasteiger partial charge in [-0.1, -0.05) is 247 Å². The van der Waals surface area contributed by atoms with Crippen molar-refractivity contribution in [3.8, 4) is 0 Å². The highest BCUT2D eigenvalue weighted by Crippen LogP contribution is 2.18. The van der Waals surface area contributed by atoms with Crippen molar-refractivity contribution in [2.75, 3.05) is 13.2 Å². The molecule has 0 heterocycles. The Morgan fingerprint density at radius 1 is 0.339 bits per heavy atom. The van der Waals surface area contributed by atoms with Crippen LogP contribution >= 0.6 is 0 Å². The van der Waals surface area contributed by atoms with Gasteiger partial charge in [-0.25, -0.2) is 0 Å². The molecule has 6 heteroatoms. The monoisotopic (exact) mass is 835 g/mol. The third-order valence-electron chi connectivity index (χ3n) is 12.3. The largest absolute Gasteiger partial charge is 0.462 e. The van der Waals surface area contributed by atoms with Gasteiger partial charge in [-0.15, -0.1) is 0 Å². The average molecular weight is 835 g/mol. The van der Waals surface area contributed by atoms with E-state index in [4.69, 9.17) is 14.2 Å². The van der Waals surface area contributed by atoms with E-state index in [1.54, 1.807) is 0 Å². The van der Waals surface area contributed by atoms with Crippen LogP contribution < -0.4 is 0 Å². The molecule has 2 atom stereocenters. The molecule has 0 rings (SSSR count). The Hall–Kier alpha value is -1.59. The van der Waals surface area contributed by atoms with E-state index in [0.717, 1.165) is 75.5 Å². The summed E-state index contributed by atoms with van der Waals surface area (Å²) in [6, 6.07) is 0. The van der Waals surface area contributed by atoms with Crippen LogP contribution in [-0.2, 0) is 28.6 Å². The first-order valence-electron chi connectivity index (χ1n) is 26.1. The van der Waals surface area contributed by atoms with E-state index in [2.05, 4.69) is 41.5 Å². The van der Waals surface area contributed by atoms with Crippen LogP contribution in [0.25, 0.3) is 0 Å². The molecule has 0 fully saturated rings.